The molecule has 20 heavy (non-hydrogen) atoms. The predicted octanol–water partition coefficient (Wildman–Crippen LogP) is 4.32. The summed E-state index contributed by atoms with van der Waals surface area (Å²) in [5.41, 5.74) is 3.25. The molecule has 0 aliphatic carbocycles. The molecule has 1 heterocycles. The summed E-state index contributed by atoms with van der Waals surface area (Å²) < 4.78 is 0. The van der Waals surface area contributed by atoms with Crippen molar-refractivity contribution in [1.29, 1.82) is 0 Å². The zero-order valence-electron chi connectivity index (χ0n) is 11.6. The SMILES string of the molecule is CN(C)/C=C1\Sc2ccccc2N=C1c1ccccc1. The van der Waals surface area contributed by atoms with Gasteiger partial charge >= 0.3 is 0 Å². The summed E-state index contributed by atoms with van der Waals surface area (Å²) in [6.45, 7) is 0. The lowest BCUT2D eigenvalue weighted by atomic mass is 10.1. The van der Waals surface area contributed by atoms with E-state index in [2.05, 4.69) is 53.6 Å². The van der Waals surface area contributed by atoms with E-state index in [1.54, 1.807) is 11.8 Å². The average molecular weight is 280 g/mol. The minimum Gasteiger partial charge on any atom is -0.383 e. The van der Waals surface area contributed by atoms with Crippen molar-refractivity contribution in [3.05, 3.63) is 71.3 Å². The van der Waals surface area contributed by atoms with Gasteiger partial charge < -0.3 is 4.90 Å². The Kier molecular flexibility index (Phi) is 3.61. The molecule has 1 aliphatic rings. The van der Waals surface area contributed by atoms with Gasteiger partial charge in [0.2, 0.25) is 0 Å². The molecular formula is C17H16N2S. The van der Waals surface area contributed by atoms with E-state index in [9.17, 15) is 0 Å². The zero-order valence-corrected chi connectivity index (χ0v) is 12.4. The largest absolute Gasteiger partial charge is 0.383 e. The monoisotopic (exact) mass is 280 g/mol. The molecule has 0 fully saturated rings. The van der Waals surface area contributed by atoms with Crippen molar-refractivity contribution in [2.45, 2.75) is 4.90 Å². The number of hydrogen-bond donors (Lipinski definition) is 0. The maximum Gasteiger partial charge on any atom is 0.0863 e. The number of fused-ring (bicyclic) bond motifs is 1. The molecule has 0 unspecified atom stereocenters. The van der Waals surface area contributed by atoms with Crippen LogP contribution < -0.4 is 0 Å². The fourth-order valence-corrected chi connectivity index (χ4v) is 3.23. The van der Waals surface area contributed by atoms with Crippen LogP contribution in [0.3, 0.4) is 0 Å². The lowest BCUT2D eigenvalue weighted by Gasteiger charge is -2.20. The molecule has 0 radical (unpaired) electrons. The molecule has 0 atom stereocenters. The van der Waals surface area contributed by atoms with Crippen LogP contribution in [0.5, 0.6) is 0 Å². The molecule has 3 heteroatoms. The van der Waals surface area contributed by atoms with Gasteiger partial charge in [-0.1, -0.05) is 54.2 Å². The summed E-state index contributed by atoms with van der Waals surface area (Å²) in [7, 11) is 4.08. The topological polar surface area (TPSA) is 15.6 Å². The second kappa shape index (κ2) is 5.55. The Bertz CT molecular complexity index is 672. The van der Waals surface area contributed by atoms with Gasteiger partial charge in [-0.05, 0) is 12.1 Å². The number of para-hydroxylation sites is 1. The van der Waals surface area contributed by atoms with Gasteiger partial charge in [0.1, 0.15) is 0 Å². The van der Waals surface area contributed by atoms with E-state index >= 15 is 0 Å². The highest BCUT2D eigenvalue weighted by atomic mass is 32.2. The third-order valence-electron chi connectivity index (χ3n) is 2.97. The lowest BCUT2D eigenvalue weighted by Crippen LogP contribution is -2.10. The number of allylic oxidation sites excluding steroid dienone is 1. The standard InChI is InChI=1S/C17H16N2S/c1-19(2)12-16-17(13-8-4-3-5-9-13)18-14-10-6-7-11-15(14)20-16/h3-12H,1-2H3/b16-12-. The number of rotatable bonds is 2. The van der Waals surface area contributed by atoms with Crippen molar-refractivity contribution < 1.29 is 0 Å². The fourth-order valence-electron chi connectivity index (χ4n) is 2.10. The van der Waals surface area contributed by atoms with Gasteiger partial charge in [-0.25, -0.2) is 4.99 Å². The Morgan fingerprint density at radius 1 is 0.950 bits per heavy atom. The highest BCUT2D eigenvalue weighted by Crippen LogP contribution is 2.41. The summed E-state index contributed by atoms with van der Waals surface area (Å²) in [5.74, 6) is 0. The molecule has 1 aliphatic heterocycles. The molecule has 0 amide bonds. The summed E-state index contributed by atoms with van der Waals surface area (Å²) in [5, 5.41) is 0. The second-order valence-electron chi connectivity index (χ2n) is 4.85. The fraction of sp³-hybridized carbons (Fsp3) is 0.118. The second-order valence-corrected chi connectivity index (χ2v) is 5.94. The number of hydrogen-bond acceptors (Lipinski definition) is 3. The lowest BCUT2D eigenvalue weighted by molar-refractivity contribution is 0.563. The Hall–Kier alpha value is -2.00. The zero-order chi connectivity index (χ0) is 13.9. The molecule has 100 valence electrons. The van der Waals surface area contributed by atoms with Crippen LogP contribution in [0.1, 0.15) is 5.56 Å². The van der Waals surface area contributed by atoms with Gasteiger partial charge in [0.15, 0.2) is 0 Å². The Morgan fingerprint density at radius 2 is 1.65 bits per heavy atom. The smallest absolute Gasteiger partial charge is 0.0863 e. The van der Waals surface area contributed by atoms with Crippen LogP contribution in [0.25, 0.3) is 0 Å². The van der Waals surface area contributed by atoms with E-state index in [0.717, 1.165) is 17.0 Å². The van der Waals surface area contributed by atoms with Gasteiger partial charge in [0.25, 0.3) is 0 Å². The van der Waals surface area contributed by atoms with Crippen LogP contribution in [-0.2, 0) is 0 Å². The molecule has 3 rings (SSSR count). The first kappa shape index (κ1) is 13.0. The van der Waals surface area contributed by atoms with E-state index in [1.807, 2.05) is 26.2 Å². The van der Waals surface area contributed by atoms with E-state index < -0.39 is 0 Å². The number of benzene rings is 2. The molecule has 0 spiro atoms. The first-order chi connectivity index (χ1) is 9.74. The normalized spacial score (nSPS) is 15.7. The van der Waals surface area contributed by atoms with Gasteiger partial charge in [0.05, 0.1) is 16.3 Å². The summed E-state index contributed by atoms with van der Waals surface area (Å²) in [4.78, 5) is 9.30. The number of aliphatic imine (C=N–C) groups is 1. The van der Waals surface area contributed by atoms with Crippen molar-refractivity contribution in [2.75, 3.05) is 14.1 Å². The minimum absolute atomic E-state index is 1.04. The molecule has 0 aromatic heterocycles. The Balaban J connectivity index is 2.14. The van der Waals surface area contributed by atoms with Crippen molar-refractivity contribution in [1.82, 2.24) is 4.90 Å². The van der Waals surface area contributed by atoms with Gasteiger partial charge in [0, 0.05) is 30.8 Å². The molecule has 2 aromatic rings. The Morgan fingerprint density at radius 3 is 2.40 bits per heavy atom. The highest BCUT2D eigenvalue weighted by Gasteiger charge is 2.19. The summed E-state index contributed by atoms with van der Waals surface area (Å²) in [6, 6.07) is 18.6. The minimum atomic E-state index is 1.04. The van der Waals surface area contributed by atoms with Crippen LogP contribution in [0.2, 0.25) is 0 Å². The van der Waals surface area contributed by atoms with Crippen LogP contribution in [-0.4, -0.2) is 24.7 Å². The van der Waals surface area contributed by atoms with Gasteiger partial charge in [-0.3, -0.25) is 0 Å². The van der Waals surface area contributed by atoms with Crippen molar-refractivity contribution in [3.8, 4) is 0 Å². The van der Waals surface area contributed by atoms with E-state index in [0.29, 0.717) is 0 Å². The van der Waals surface area contributed by atoms with Crippen molar-refractivity contribution >= 4 is 23.2 Å². The van der Waals surface area contributed by atoms with Gasteiger partial charge in [-0.2, -0.15) is 0 Å². The maximum atomic E-state index is 4.85. The molecule has 0 bridgehead atoms. The van der Waals surface area contributed by atoms with Crippen LogP contribution in [0.4, 0.5) is 5.69 Å². The molecular weight excluding hydrogens is 264 g/mol. The number of thioether (sulfide) groups is 1. The van der Waals surface area contributed by atoms with E-state index in [1.165, 1.54) is 9.80 Å². The third kappa shape index (κ3) is 2.63. The molecule has 0 saturated heterocycles. The van der Waals surface area contributed by atoms with E-state index in [-0.39, 0.29) is 0 Å². The third-order valence-corrected chi connectivity index (χ3v) is 4.06. The van der Waals surface area contributed by atoms with Crippen LogP contribution in [0, 0.1) is 0 Å². The highest BCUT2D eigenvalue weighted by molar-refractivity contribution is 8.04. The van der Waals surface area contributed by atoms with Crippen molar-refractivity contribution in [3.63, 3.8) is 0 Å². The first-order valence-corrected chi connectivity index (χ1v) is 7.35. The molecule has 2 nitrogen and oxygen atoms in total. The van der Waals surface area contributed by atoms with Gasteiger partial charge in [-0.15, -0.1) is 0 Å². The summed E-state index contributed by atoms with van der Waals surface area (Å²) in [6.07, 6.45) is 2.13. The number of nitrogens with zero attached hydrogens (tertiary/aromatic N) is 2. The molecule has 0 saturated carbocycles. The quantitative estimate of drug-likeness (QED) is 0.814. The Labute approximate surface area is 123 Å². The predicted molar refractivity (Wildman–Crippen MR) is 86.7 cm³/mol. The molecule has 0 N–H and O–H groups in total. The maximum absolute atomic E-state index is 4.85. The first-order valence-electron chi connectivity index (χ1n) is 6.53. The van der Waals surface area contributed by atoms with Crippen LogP contribution in [0.15, 0.2) is 75.6 Å². The summed E-state index contributed by atoms with van der Waals surface area (Å²) >= 11 is 1.78. The molecule has 2 aromatic carbocycles. The van der Waals surface area contributed by atoms with Crippen LogP contribution >= 0.6 is 11.8 Å². The van der Waals surface area contributed by atoms with Crippen molar-refractivity contribution in [2.24, 2.45) is 4.99 Å². The average Bonchev–Trinajstić information content (AvgIpc) is 2.47. The van der Waals surface area contributed by atoms with E-state index in [4.69, 9.17) is 4.99 Å².